The van der Waals surface area contributed by atoms with Crippen molar-refractivity contribution in [2.45, 2.75) is 45.3 Å². The molecule has 0 radical (unpaired) electrons. The van der Waals surface area contributed by atoms with E-state index in [1.165, 1.54) is 7.11 Å². The van der Waals surface area contributed by atoms with E-state index in [1.807, 2.05) is 0 Å². The molecule has 7 heteroatoms. The van der Waals surface area contributed by atoms with Gasteiger partial charge in [0.05, 0.1) is 13.5 Å². The molecule has 128 valence electrons. The van der Waals surface area contributed by atoms with E-state index < -0.39 is 23.7 Å². The zero-order chi connectivity index (χ0) is 17.6. The van der Waals surface area contributed by atoms with Gasteiger partial charge in [0.15, 0.2) is 0 Å². The van der Waals surface area contributed by atoms with Gasteiger partial charge < -0.3 is 25.6 Å². The van der Waals surface area contributed by atoms with Crippen LogP contribution in [0, 0.1) is 0 Å². The van der Waals surface area contributed by atoms with Crippen LogP contribution in [0.1, 0.15) is 32.8 Å². The van der Waals surface area contributed by atoms with Crippen LogP contribution in [0.25, 0.3) is 0 Å². The van der Waals surface area contributed by atoms with Gasteiger partial charge in [-0.05, 0) is 51.0 Å². The van der Waals surface area contributed by atoms with Gasteiger partial charge in [-0.1, -0.05) is 0 Å². The Morgan fingerprint density at radius 2 is 2.00 bits per heavy atom. The number of methoxy groups -OCH3 is 1. The fourth-order valence-corrected chi connectivity index (χ4v) is 2.01. The van der Waals surface area contributed by atoms with E-state index in [4.69, 9.17) is 20.3 Å². The molecule has 1 aromatic rings. The number of benzene rings is 1. The van der Waals surface area contributed by atoms with Crippen LogP contribution in [0.15, 0.2) is 18.2 Å². The Bertz CT molecular complexity index is 566. The molecule has 0 bridgehead atoms. The number of ether oxygens (including phenoxy) is 2. The third-order valence-corrected chi connectivity index (χ3v) is 2.96. The highest BCUT2D eigenvalue weighted by Crippen LogP contribution is 2.21. The summed E-state index contributed by atoms with van der Waals surface area (Å²) < 4.78 is 10.3. The second-order valence-electron chi connectivity index (χ2n) is 6.21. The van der Waals surface area contributed by atoms with Gasteiger partial charge in [0.2, 0.25) is 0 Å². The highest BCUT2D eigenvalue weighted by atomic mass is 16.6. The Morgan fingerprint density at radius 1 is 1.35 bits per heavy atom. The number of amides is 1. The molecule has 1 amide bonds. The summed E-state index contributed by atoms with van der Waals surface area (Å²) in [5, 5.41) is 11.6. The van der Waals surface area contributed by atoms with Crippen LogP contribution in [-0.2, 0) is 16.0 Å². The smallest absolute Gasteiger partial charge is 0.407 e. The molecule has 0 spiro atoms. The summed E-state index contributed by atoms with van der Waals surface area (Å²) in [6, 6.07) is 4.48. The number of nitrogens with two attached hydrogens (primary N) is 1. The van der Waals surface area contributed by atoms with Crippen LogP contribution in [-0.4, -0.2) is 35.9 Å². The number of alkyl carbamates (subject to hydrolysis) is 1. The molecule has 0 saturated heterocycles. The van der Waals surface area contributed by atoms with Crippen LogP contribution in [0.3, 0.4) is 0 Å². The van der Waals surface area contributed by atoms with Gasteiger partial charge in [0, 0.05) is 11.7 Å². The maximum absolute atomic E-state index is 11.9. The first-order valence-corrected chi connectivity index (χ1v) is 7.24. The molecule has 0 saturated carbocycles. The highest BCUT2D eigenvalue weighted by molar-refractivity contribution is 5.72. The quantitative estimate of drug-likeness (QED) is 0.692. The van der Waals surface area contributed by atoms with E-state index in [-0.39, 0.29) is 12.8 Å². The number of carbonyl (C=O) groups is 2. The fraction of sp³-hybridized carbons (Fsp3) is 0.500. The lowest BCUT2D eigenvalue weighted by molar-refractivity contribution is -0.137. The van der Waals surface area contributed by atoms with E-state index in [0.717, 1.165) is 0 Å². The van der Waals surface area contributed by atoms with Gasteiger partial charge in [0.25, 0.3) is 0 Å². The number of rotatable bonds is 6. The minimum Gasteiger partial charge on any atom is -0.497 e. The van der Waals surface area contributed by atoms with Gasteiger partial charge in [-0.15, -0.1) is 0 Å². The zero-order valence-corrected chi connectivity index (χ0v) is 13.9. The van der Waals surface area contributed by atoms with Crippen molar-refractivity contribution in [1.82, 2.24) is 5.32 Å². The second kappa shape index (κ2) is 7.71. The number of hydrogen-bond donors (Lipinski definition) is 3. The van der Waals surface area contributed by atoms with Gasteiger partial charge in [-0.2, -0.15) is 0 Å². The molecule has 1 aromatic carbocycles. The first-order chi connectivity index (χ1) is 10.6. The molecular weight excluding hydrogens is 300 g/mol. The maximum Gasteiger partial charge on any atom is 0.407 e. The van der Waals surface area contributed by atoms with E-state index in [9.17, 15) is 9.59 Å². The number of aliphatic carboxylic acids is 1. The van der Waals surface area contributed by atoms with E-state index in [0.29, 0.717) is 17.0 Å². The number of carbonyl (C=O) groups excluding carboxylic acids is 1. The summed E-state index contributed by atoms with van der Waals surface area (Å²) >= 11 is 0. The van der Waals surface area contributed by atoms with Crippen molar-refractivity contribution in [3.63, 3.8) is 0 Å². The van der Waals surface area contributed by atoms with Gasteiger partial charge in [-0.3, -0.25) is 4.79 Å². The third-order valence-electron chi connectivity index (χ3n) is 2.96. The Hall–Kier alpha value is -2.44. The number of anilines is 1. The molecule has 0 aliphatic carbocycles. The molecule has 0 aliphatic rings. The van der Waals surface area contributed by atoms with Gasteiger partial charge in [0.1, 0.15) is 11.4 Å². The minimum absolute atomic E-state index is 0.240. The van der Waals surface area contributed by atoms with Crippen molar-refractivity contribution in [2.24, 2.45) is 0 Å². The second-order valence-corrected chi connectivity index (χ2v) is 6.21. The SMILES string of the molecule is COc1ccc(N)c(C[C@@H](CC(=O)O)NC(=O)OC(C)(C)C)c1. The van der Waals surface area contributed by atoms with Gasteiger partial charge >= 0.3 is 12.1 Å². The normalized spacial score (nSPS) is 12.3. The van der Waals surface area contributed by atoms with E-state index in [2.05, 4.69) is 5.32 Å². The standard InChI is InChI=1S/C16H24N2O5/c1-16(2,3)23-15(21)18-11(9-14(19)20)7-10-8-12(22-4)5-6-13(10)17/h5-6,8,11H,7,9,17H2,1-4H3,(H,18,21)(H,19,20)/t11-/m0/s1. The van der Waals surface area contributed by atoms with Crippen LogP contribution >= 0.6 is 0 Å². The highest BCUT2D eigenvalue weighted by Gasteiger charge is 2.22. The molecule has 0 heterocycles. The fourth-order valence-electron chi connectivity index (χ4n) is 2.01. The zero-order valence-electron chi connectivity index (χ0n) is 13.9. The summed E-state index contributed by atoms with van der Waals surface area (Å²) in [7, 11) is 1.53. The number of carboxylic acid groups (broad SMARTS) is 1. The molecule has 0 unspecified atom stereocenters. The van der Waals surface area contributed by atoms with Crippen molar-refractivity contribution < 1.29 is 24.2 Å². The van der Waals surface area contributed by atoms with Crippen LogP contribution < -0.4 is 15.8 Å². The minimum atomic E-state index is -1.02. The number of hydrogen-bond acceptors (Lipinski definition) is 5. The predicted octanol–water partition coefficient (Wildman–Crippen LogP) is 2.19. The maximum atomic E-state index is 11.9. The Kier molecular flexibility index (Phi) is 6.24. The average Bonchev–Trinajstić information content (AvgIpc) is 2.38. The summed E-state index contributed by atoms with van der Waals surface area (Å²) in [4.78, 5) is 22.9. The summed E-state index contributed by atoms with van der Waals surface area (Å²) in [5.74, 6) is -0.409. The summed E-state index contributed by atoms with van der Waals surface area (Å²) in [6.45, 7) is 5.20. The third kappa shape index (κ3) is 6.90. The molecule has 4 N–H and O–H groups in total. The predicted molar refractivity (Wildman–Crippen MR) is 86.5 cm³/mol. The monoisotopic (exact) mass is 324 g/mol. The first kappa shape index (κ1) is 18.6. The van der Waals surface area contributed by atoms with Crippen molar-refractivity contribution in [1.29, 1.82) is 0 Å². The molecule has 1 rings (SSSR count). The van der Waals surface area contributed by atoms with Crippen LogP contribution in [0.2, 0.25) is 0 Å². The molecule has 23 heavy (non-hydrogen) atoms. The molecule has 1 atom stereocenters. The summed E-state index contributed by atoms with van der Waals surface area (Å²) in [5.41, 5.74) is 6.46. The molecule has 7 nitrogen and oxygen atoms in total. The lowest BCUT2D eigenvalue weighted by atomic mass is 10.0. The number of carboxylic acids is 1. The van der Waals surface area contributed by atoms with E-state index >= 15 is 0 Å². The summed E-state index contributed by atoms with van der Waals surface area (Å²) in [6.07, 6.45) is -0.644. The van der Waals surface area contributed by atoms with E-state index in [1.54, 1.807) is 39.0 Å². The van der Waals surface area contributed by atoms with Gasteiger partial charge in [-0.25, -0.2) is 4.79 Å². The molecular formula is C16H24N2O5. The van der Waals surface area contributed by atoms with Crippen molar-refractivity contribution in [3.8, 4) is 5.75 Å². The molecule has 0 aliphatic heterocycles. The Balaban J connectivity index is 2.86. The molecule has 0 fully saturated rings. The van der Waals surface area contributed by atoms with Crippen molar-refractivity contribution in [3.05, 3.63) is 23.8 Å². The number of nitrogens with one attached hydrogen (secondary N) is 1. The number of nitrogen functional groups attached to an aromatic ring is 1. The average molecular weight is 324 g/mol. The van der Waals surface area contributed by atoms with Crippen LogP contribution in [0.5, 0.6) is 5.75 Å². The lowest BCUT2D eigenvalue weighted by Crippen LogP contribution is -2.41. The van der Waals surface area contributed by atoms with Crippen molar-refractivity contribution >= 4 is 17.7 Å². The largest absolute Gasteiger partial charge is 0.497 e. The topological polar surface area (TPSA) is 111 Å². The van der Waals surface area contributed by atoms with Crippen molar-refractivity contribution in [2.75, 3.05) is 12.8 Å². The Labute approximate surface area is 135 Å². The van der Waals surface area contributed by atoms with Crippen LogP contribution in [0.4, 0.5) is 10.5 Å². The lowest BCUT2D eigenvalue weighted by Gasteiger charge is -2.23. The Morgan fingerprint density at radius 3 is 2.52 bits per heavy atom. The molecule has 0 aromatic heterocycles. The first-order valence-electron chi connectivity index (χ1n) is 7.24.